The van der Waals surface area contributed by atoms with E-state index in [9.17, 15) is 23.6 Å². The van der Waals surface area contributed by atoms with Crippen LogP contribution in [0.4, 0.5) is 14.9 Å². The van der Waals surface area contributed by atoms with Gasteiger partial charge in [0.2, 0.25) is 11.8 Å². The van der Waals surface area contributed by atoms with Gasteiger partial charge in [-0.1, -0.05) is 11.6 Å². The molecule has 3 heterocycles. The maximum Gasteiger partial charge on any atom is 0.332 e. The molecule has 0 aromatic heterocycles. The van der Waals surface area contributed by atoms with Gasteiger partial charge in [0.05, 0.1) is 10.7 Å². The van der Waals surface area contributed by atoms with E-state index in [0.717, 1.165) is 11.0 Å². The van der Waals surface area contributed by atoms with Crippen LogP contribution in [0, 0.1) is 11.7 Å². The normalized spacial score (nSPS) is 24.4. The zero-order valence-electron chi connectivity index (χ0n) is 17.1. The van der Waals surface area contributed by atoms with E-state index in [1.54, 1.807) is 4.90 Å². The van der Waals surface area contributed by atoms with Crippen LogP contribution in [-0.4, -0.2) is 65.3 Å². The first-order valence-electron chi connectivity index (χ1n) is 10.4. The first-order chi connectivity index (χ1) is 14.8. The summed E-state index contributed by atoms with van der Waals surface area (Å²) in [6, 6.07) is 2.39. The van der Waals surface area contributed by atoms with E-state index in [-0.39, 0.29) is 34.5 Å². The average molecular weight is 451 g/mol. The number of amides is 5. The highest BCUT2D eigenvalue weighted by Crippen LogP contribution is 2.33. The SMILES string of the molecule is CC(=O)N1CCC(C(=O)N[C@@H]2CCN3C(=O)N(c4ccc(F)c(Cl)c4)C(=O)[C@@H]3C2)CC1. The van der Waals surface area contributed by atoms with Crippen molar-refractivity contribution in [1.29, 1.82) is 0 Å². The Kier molecular flexibility index (Phi) is 5.88. The molecule has 1 N–H and O–H groups in total. The minimum Gasteiger partial charge on any atom is -0.353 e. The fraction of sp³-hybridized carbons (Fsp3) is 0.524. The summed E-state index contributed by atoms with van der Waals surface area (Å²) in [4.78, 5) is 54.1. The van der Waals surface area contributed by atoms with E-state index in [4.69, 9.17) is 11.6 Å². The van der Waals surface area contributed by atoms with E-state index in [2.05, 4.69) is 5.32 Å². The summed E-state index contributed by atoms with van der Waals surface area (Å²) in [5.41, 5.74) is 0.230. The van der Waals surface area contributed by atoms with Crippen LogP contribution in [0.2, 0.25) is 5.02 Å². The fourth-order valence-electron chi connectivity index (χ4n) is 4.57. The van der Waals surface area contributed by atoms with Crippen molar-refractivity contribution in [3.05, 3.63) is 29.0 Å². The molecule has 0 bridgehead atoms. The van der Waals surface area contributed by atoms with Gasteiger partial charge in [-0.2, -0.15) is 0 Å². The molecule has 2 atom stereocenters. The Morgan fingerprint density at radius 1 is 1.13 bits per heavy atom. The number of rotatable bonds is 3. The molecule has 0 aliphatic carbocycles. The summed E-state index contributed by atoms with van der Waals surface area (Å²) in [5, 5.41) is 2.87. The third-order valence-corrected chi connectivity index (χ3v) is 6.65. The number of fused-ring (bicyclic) bond motifs is 1. The Morgan fingerprint density at radius 3 is 2.48 bits per heavy atom. The molecule has 4 rings (SSSR count). The molecule has 5 amide bonds. The molecule has 3 saturated heterocycles. The summed E-state index contributed by atoms with van der Waals surface area (Å²) in [6.45, 7) is 3.00. The summed E-state index contributed by atoms with van der Waals surface area (Å²) < 4.78 is 13.5. The Labute approximate surface area is 184 Å². The smallest absolute Gasteiger partial charge is 0.332 e. The van der Waals surface area contributed by atoms with Gasteiger partial charge in [0.1, 0.15) is 11.9 Å². The van der Waals surface area contributed by atoms with Crippen molar-refractivity contribution in [3.63, 3.8) is 0 Å². The van der Waals surface area contributed by atoms with Crippen LogP contribution in [0.15, 0.2) is 18.2 Å². The second kappa shape index (κ2) is 8.45. The van der Waals surface area contributed by atoms with Gasteiger partial charge in [-0.05, 0) is 43.9 Å². The van der Waals surface area contributed by atoms with Crippen LogP contribution in [0.5, 0.6) is 0 Å². The highest BCUT2D eigenvalue weighted by molar-refractivity contribution is 6.31. The number of piperidine rings is 2. The molecule has 0 radical (unpaired) electrons. The number of likely N-dealkylation sites (tertiary alicyclic amines) is 1. The Bertz CT molecular complexity index is 934. The number of halogens is 2. The van der Waals surface area contributed by atoms with Gasteiger partial charge in [-0.15, -0.1) is 0 Å². The molecule has 1 aromatic rings. The molecule has 8 nitrogen and oxygen atoms in total. The largest absolute Gasteiger partial charge is 0.353 e. The number of imide groups is 1. The summed E-state index contributed by atoms with van der Waals surface area (Å²) in [7, 11) is 0. The summed E-state index contributed by atoms with van der Waals surface area (Å²) in [5.74, 6) is -1.24. The molecule has 0 unspecified atom stereocenters. The van der Waals surface area contributed by atoms with Crippen molar-refractivity contribution >= 4 is 41.0 Å². The number of carbonyl (C=O) groups excluding carboxylic acids is 4. The Balaban J connectivity index is 1.39. The van der Waals surface area contributed by atoms with Crippen molar-refractivity contribution < 1.29 is 23.6 Å². The van der Waals surface area contributed by atoms with Gasteiger partial charge < -0.3 is 15.1 Å². The Morgan fingerprint density at radius 2 is 1.84 bits per heavy atom. The minimum absolute atomic E-state index is 0.0163. The minimum atomic E-state index is -0.671. The summed E-state index contributed by atoms with van der Waals surface area (Å²) >= 11 is 5.81. The molecule has 31 heavy (non-hydrogen) atoms. The van der Waals surface area contributed by atoms with Gasteiger partial charge in [0.15, 0.2) is 0 Å². The zero-order chi connectivity index (χ0) is 22.3. The van der Waals surface area contributed by atoms with Crippen molar-refractivity contribution in [3.8, 4) is 0 Å². The molecule has 0 saturated carbocycles. The van der Waals surface area contributed by atoms with Crippen LogP contribution in [0.3, 0.4) is 0 Å². The lowest BCUT2D eigenvalue weighted by Crippen LogP contribution is -2.51. The van der Waals surface area contributed by atoms with E-state index >= 15 is 0 Å². The maximum atomic E-state index is 13.5. The number of benzene rings is 1. The number of nitrogens with one attached hydrogen (secondary N) is 1. The predicted molar refractivity (Wildman–Crippen MR) is 111 cm³/mol. The highest BCUT2D eigenvalue weighted by atomic mass is 35.5. The first-order valence-corrected chi connectivity index (χ1v) is 10.8. The van der Waals surface area contributed by atoms with Crippen molar-refractivity contribution in [2.24, 2.45) is 5.92 Å². The third kappa shape index (κ3) is 4.11. The fourth-order valence-corrected chi connectivity index (χ4v) is 4.74. The van der Waals surface area contributed by atoms with Gasteiger partial charge in [0.25, 0.3) is 5.91 Å². The molecule has 0 spiro atoms. The molecule has 166 valence electrons. The molecular weight excluding hydrogens is 427 g/mol. The van der Waals surface area contributed by atoms with Crippen molar-refractivity contribution in [2.45, 2.75) is 44.7 Å². The zero-order valence-corrected chi connectivity index (χ0v) is 17.9. The van der Waals surface area contributed by atoms with Crippen molar-refractivity contribution in [2.75, 3.05) is 24.5 Å². The lowest BCUT2D eigenvalue weighted by atomic mass is 9.93. The molecule has 3 aliphatic heterocycles. The number of hydrogen-bond acceptors (Lipinski definition) is 4. The highest BCUT2D eigenvalue weighted by Gasteiger charge is 2.49. The summed E-state index contributed by atoms with van der Waals surface area (Å²) in [6.07, 6.45) is 2.11. The lowest BCUT2D eigenvalue weighted by Gasteiger charge is -2.35. The number of carbonyl (C=O) groups is 4. The average Bonchev–Trinajstić information content (AvgIpc) is 3.00. The first kappa shape index (κ1) is 21.5. The molecule has 3 aliphatic rings. The maximum absolute atomic E-state index is 13.5. The number of nitrogens with zero attached hydrogens (tertiary/aromatic N) is 3. The van der Waals surface area contributed by atoms with E-state index in [1.807, 2.05) is 0 Å². The van der Waals surface area contributed by atoms with E-state index in [0.29, 0.717) is 45.3 Å². The van der Waals surface area contributed by atoms with E-state index < -0.39 is 23.8 Å². The third-order valence-electron chi connectivity index (χ3n) is 6.36. The van der Waals surface area contributed by atoms with Crippen molar-refractivity contribution in [1.82, 2.24) is 15.1 Å². The standard InChI is InChI=1S/C21H24ClFN4O4/c1-12(28)25-7-4-13(5-8-25)19(29)24-14-6-9-26-18(10-14)20(30)27(21(26)31)15-2-3-17(23)16(22)11-15/h2-3,11,13-14,18H,4-10H2,1H3,(H,24,29)/t14-,18+/m1/s1. The second-order valence-corrected chi connectivity index (χ2v) is 8.68. The topological polar surface area (TPSA) is 90.0 Å². The second-order valence-electron chi connectivity index (χ2n) is 8.27. The predicted octanol–water partition coefficient (Wildman–Crippen LogP) is 2.15. The lowest BCUT2D eigenvalue weighted by molar-refractivity contribution is -0.134. The molecule has 10 heteroatoms. The molecular formula is C21H24ClFN4O4. The quantitative estimate of drug-likeness (QED) is 0.714. The van der Waals surface area contributed by atoms with Crippen LogP contribution in [0.1, 0.15) is 32.6 Å². The Hall–Kier alpha value is -2.68. The van der Waals surface area contributed by atoms with Gasteiger partial charge >= 0.3 is 6.03 Å². The monoisotopic (exact) mass is 450 g/mol. The van der Waals surface area contributed by atoms with Crippen LogP contribution < -0.4 is 10.2 Å². The number of anilines is 1. The van der Waals surface area contributed by atoms with E-state index in [1.165, 1.54) is 24.0 Å². The molecule has 3 fully saturated rings. The van der Waals surface area contributed by atoms with Crippen LogP contribution in [-0.2, 0) is 14.4 Å². The number of urea groups is 1. The van der Waals surface area contributed by atoms with Gasteiger partial charge in [-0.3, -0.25) is 14.4 Å². The van der Waals surface area contributed by atoms with Crippen LogP contribution in [0.25, 0.3) is 0 Å². The van der Waals surface area contributed by atoms with Gasteiger partial charge in [-0.25, -0.2) is 14.1 Å². The van der Waals surface area contributed by atoms with Crippen LogP contribution >= 0.6 is 11.6 Å². The molecule has 1 aromatic carbocycles. The number of hydrogen-bond donors (Lipinski definition) is 1. The van der Waals surface area contributed by atoms with Gasteiger partial charge in [0, 0.05) is 38.5 Å².